The molecule has 1 fully saturated rings. The molecule has 13 nitrogen and oxygen atoms in total. The summed E-state index contributed by atoms with van der Waals surface area (Å²) in [7, 11) is 0. The minimum atomic E-state index is -1.46. The fraction of sp³-hybridized carbons (Fsp3) is 0.793. The van der Waals surface area contributed by atoms with Crippen LogP contribution in [0.4, 0.5) is 4.79 Å². The molecule has 0 aromatic carbocycles. The zero-order chi connectivity index (χ0) is 32.8. The van der Waals surface area contributed by atoms with E-state index in [1.807, 2.05) is 0 Å². The smallest absolute Gasteiger partial charge is 0.408 e. The Balaban J connectivity index is 3.11. The van der Waals surface area contributed by atoms with Crippen LogP contribution in [0, 0.1) is 0 Å². The highest BCUT2D eigenvalue weighted by Gasteiger charge is 2.42. The standard InChI is InChI=1S/C29H49N3O10/c1-26(2,3)39-22(35)17(31-25(38)42-29(10,11)12)15-20(33)30-18(23(36)40-27(4,5)6)16-21(34)32-14-13-19(32)24(37)41-28(7,8)9/h17-19H,13-16H2,1-12H3,(H,30,33)(H,31,38)/t17-,18-,19-/m0/s1. The maximum Gasteiger partial charge on any atom is 0.408 e. The van der Waals surface area contributed by atoms with E-state index in [4.69, 9.17) is 18.9 Å². The first kappa shape index (κ1) is 36.6. The van der Waals surface area contributed by atoms with Crippen LogP contribution >= 0.6 is 0 Å². The fourth-order valence-electron chi connectivity index (χ4n) is 3.61. The van der Waals surface area contributed by atoms with Crippen LogP contribution in [0.1, 0.15) is 102 Å². The Bertz CT molecular complexity index is 1030. The largest absolute Gasteiger partial charge is 0.458 e. The molecule has 1 saturated heterocycles. The Hall–Kier alpha value is -3.38. The number of ether oxygens (including phenoxy) is 4. The maximum atomic E-state index is 13.1. The number of rotatable bonds is 9. The van der Waals surface area contributed by atoms with Gasteiger partial charge in [-0.05, 0) is 89.5 Å². The molecule has 0 unspecified atom stereocenters. The molecular weight excluding hydrogens is 550 g/mol. The van der Waals surface area contributed by atoms with Crippen molar-refractivity contribution < 1.29 is 47.7 Å². The van der Waals surface area contributed by atoms with E-state index in [1.165, 1.54) is 4.90 Å². The molecule has 0 spiro atoms. The summed E-state index contributed by atoms with van der Waals surface area (Å²) in [5.74, 6) is -3.74. The molecule has 3 amide bonds. The fourth-order valence-corrected chi connectivity index (χ4v) is 3.61. The second kappa shape index (κ2) is 13.7. The summed E-state index contributed by atoms with van der Waals surface area (Å²) in [5.41, 5.74) is -3.47. The third kappa shape index (κ3) is 14.0. The lowest BCUT2D eigenvalue weighted by Crippen LogP contribution is -2.58. The van der Waals surface area contributed by atoms with Crippen molar-refractivity contribution in [2.45, 2.75) is 143 Å². The van der Waals surface area contributed by atoms with Gasteiger partial charge in [-0.15, -0.1) is 0 Å². The minimum absolute atomic E-state index is 0.276. The average molecular weight is 600 g/mol. The summed E-state index contributed by atoms with van der Waals surface area (Å²) in [4.78, 5) is 78.4. The van der Waals surface area contributed by atoms with Gasteiger partial charge in [0.25, 0.3) is 0 Å². The highest BCUT2D eigenvalue weighted by Crippen LogP contribution is 2.23. The molecule has 1 heterocycles. The van der Waals surface area contributed by atoms with E-state index in [1.54, 1.807) is 83.1 Å². The van der Waals surface area contributed by atoms with Crippen molar-refractivity contribution in [2.75, 3.05) is 6.54 Å². The van der Waals surface area contributed by atoms with Gasteiger partial charge in [0.1, 0.15) is 40.5 Å². The van der Waals surface area contributed by atoms with Crippen molar-refractivity contribution >= 4 is 35.8 Å². The molecule has 2 N–H and O–H groups in total. The molecule has 0 bridgehead atoms. The summed E-state index contributed by atoms with van der Waals surface area (Å²) in [6.07, 6.45) is -1.67. The van der Waals surface area contributed by atoms with Crippen LogP contribution in [-0.4, -0.2) is 87.8 Å². The number of esters is 3. The van der Waals surface area contributed by atoms with Gasteiger partial charge in [-0.1, -0.05) is 0 Å². The van der Waals surface area contributed by atoms with Crippen LogP contribution in [0.3, 0.4) is 0 Å². The third-order valence-corrected chi connectivity index (χ3v) is 5.20. The van der Waals surface area contributed by atoms with E-state index in [2.05, 4.69) is 10.6 Å². The predicted molar refractivity (Wildman–Crippen MR) is 152 cm³/mol. The van der Waals surface area contributed by atoms with Crippen molar-refractivity contribution in [1.82, 2.24) is 15.5 Å². The van der Waals surface area contributed by atoms with Gasteiger partial charge in [-0.3, -0.25) is 9.59 Å². The number of alkyl carbamates (subject to hydrolysis) is 1. The maximum absolute atomic E-state index is 13.1. The number of nitrogens with zero attached hydrogens (tertiary/aromatic N) is 1. The van der Waals surface area contributed by atoms with Crippen molar-refractivity contribution in [1.29, 1.82) is 0 Å². The SMILES string of the molecule is CC(C)(C)OC(=O)N[C@@H](CC(=O)N[C@@H](CC(=O)N1CC[C@H]1C(=O)OC(C)(C)C)C(=O)OC(C)(C)C)C(=O)OC(C)(C)C. The lowest BCUT2D eigenvalue weighted by atomic mass is 10.0. The number of carbonyl (C=O) groups excluding carboxylic acids is 6. The van der Waals surface area contributed by atoms with Crippen LogP contribution in [0.15, 0.2) is 0 Å². The second-order valence-corrected chi connectivity index (χ2v) is 14.2. The van der Waals surface area contributed by atoms with Gasteiger partial charge in [-0.2, -0.15) is 0 Å². The molecule has 3 atom stereocenters. The highest BCUT2D eigenvalue weighted by molar-refractivity contribution is 5.93. The van der Waals surface area contributed by atoms with Crippen LogP contribution < -0.4 is 10.6 Å². The van der Waals surface area contributed by atoms with E-state index in [0.717, 1.165) is 0 Å². The Morgan fingerprint density at radius 3 is 1.45 bits per heavy atom. The van der Waals surface area contributed by atoms with Gasteiger partial charge < -0.3 is 34.5 Å². The lowest BCUT2D eigenvalue weighted by molar-refractivity contribution is -0.172. The highest BCUT2D eigenvalue weighted by atomic mass is 16.6. The Morgan fingerprint density at radius 1 is 0.643 bits per heavy atom. The molecule has 1 aliphatic rings. The molecule has 13 heteroatoms. The molecule has 1 rings (SSSR count). The van der Waals surface area contributed by atoms with Crippen molar-refractivity contribution in [3.05, 3.63) is 0 Å². The van der Waals surface area contributed by atoms with Gasteiger partial charge in [-0.25, -0.2) is 19.2 Å². The zero-order valence-corrected chi connectivity index (χ0v) is 27.1. The zero-order valence-electron chi connectivity index (χ0n) is 27.1. The van der Waals surface area contributed by atoms with Gasteiger partial charge >= 0.3 is 24.0 Å². The number of nitrogens with one attached hydrogen (secondary N) is 2. The molecule has 1 aliphatic heterocycles. The Morgan fingerprint density at radius 2 is 1.07 bits per heavy atom. The van der Waals surface area contributed by atoms with Crippen LogP contribution in [0.25, 0.3) is 0 Å². The summed E-state index contributed by atoms with van der Waals surface area (Å²) in [6.45, 7) is 20.1. The molecule has 0 radical (unpaired) electrons. The van der Waals surface area contributed by atoms with Crippen molar-refractivity contribution in [3.63, 3.8) is 0 Å². The Kier molecular flexibility index (Phi) is 12.0. The first-order valence-electron chi connectivity index (χ1n) is 14.0. The summed E-state index contributed by atoms with van der Waals surface area (Å²) >= 11 is 0. The quantitative estimate of drug-likeness (QED) is 0.297. The number of hydrogen-bond donors (Lipinski definition) is 2. The average Bonchev–Trinajstić information content (AvgIpc) is 2.66. The van der Waals surface area contributed by atoms with Crippen LogP contribution in [-0.2, 0) is 42.9 Å². The number of amides is 3. The van der Waals surface area contributed by atoms with Gasteiger partial charge in [0.05, 0.1) is 12.8 Å². The van der Waals surface area contributed by atoms with Crippen molar-refractivity contribution in [2.24, 2.45) is 0 Å². The van der Waals surface area contributed by atoms with E-state index in [9.17, 15) is 28.8 Å². The van der Waals surface area contributed by atoms with E-state index in [0.29, 0.717) is 6.42 Å². The molecular formula is C29H49N3O10. The number of hydrogen-bond acceptors (Lipinski definition) is 10. The van der Waals surface area contributed by atoms with Gasteiger partial charge in [0.2, 0.25) is 11.8 Å². The van der Waals surface area contributed by atoms with Crippen LogP contribution in [0.5, 0.6) is 0 Å². The molecule has 0 aromatic rings. The molecule has 240 valence electrons. The molecule has 0 aliphatic carbocycles. The number of carbonyl (C=O) groups is 6. The van der Waals surface area contributed by atoms with E-state index >= 15 is 0 Å². The van der Waals surface area contributed by atoms with Gasteiger partial charge in [0, 0.05) is 6.54 Å². The van der Waals surface area contributed by atoms with Crippen LogP contribution in [0.2, 0.25) is 0 Å². The van der Waals surface area contributed by atoms with Gasteiger partial charge in [0.15, 0.2) is 0 Å². The van der Waals surface area contributed by atoms with Crippen molar-refractivity contribution in [3.8, 4) is 0 Å². The topological polar surface area (TPSA) is 167 Å². The summed E-state index contributed by atoms with van der Waals surface area (Å²) in [5, 5.41) is 4.79. The monoisotopic (exact) mass is 599 g/mol. The first-order valence-corrected chi connectivity index (χ1v) is 14.0. The number of likely N-dealkylation sites (tertiary alicyclic amines) is 1. The third-order valence-electron chi connectivity index (χ3n) is 5.20. The summed E-state index contributed by atoms with van der Waals surface area (Å²) < 4.78 is 21.4. The Labute approximate surface area is 248 Å². The second-order valence-electron chi connectivity index (χ2n) is 14.2. The van der Waals surface area contributed by atoms with E-state index < -0.39 is 89.2 Å². The van der Waals surface area contributed by atoms with E-state index in [-0.39, 0.29) is 6.54 Å². The lowest BCUT2D eigenvalue weighted by Gasteiger charge is -2.40. The molecule has 42 heavy (non-hydrogen) atoms. The first-order chi connectivity index (χ1) is 18.8. The summed E-state index contributed by atoms with van der Waals surface area (Å²) in [6, 6.07) is -3.70. The minimum Gasteiger partial charge on any atom is -0.458 e. The predicted octanol–water partition coefficient (Wildman–Crippen LogP) is 2.77. The molecule has 0 aromatic heterocycles. The molecule has 0 saturated carbocycles. The normalized spacial score (nSPS) is 17.1.